The van der Waals surface area contributed by atoms with Crippen molar-refractivity contribution >= 4 is 29.0 Å². The van der Waals surface area contributed by atoms with E-state index < -0.39 is 0 Å². The van der Waals surface area contributed by atoms with Crippen LogP contribution in [0.5, 0.6) is 0 Å². The third-order valence-corrected chi connectivity index (χ3v) is 3.77. The highest BCUT2D eigenvalue weighted by molar-refractivity contribution is 6.30. The van der Waals surface area contributed by atoms with E-state index in [1.807, 2.05) is 19.1 Å². The highest BCUT2D eigenvalue weighted by atomic mass is 35.5. The van der Waals surface area contributed by atoms with Crippen LogP contribution in [0.3, 0.4) is 0 Å². The minimum atomic E-state index is -0.308. The molecule has 7 heteroatoms. The standard InChI is InChI=1S/C18H16ClN5O/c1-12-7-14(19)4-5-15(12)24-18(25)16-8-17(23-11-22-16)21-10-13-3-2-6-20-9-13/h2-9,11H,10H2,1H3,(H,24,25)(H,21,22,23). The van der Waals surface area contributed by atoms with Gasteiger partial charge in [0, 0.05) is 35.7 Å². The van der Waals surface area contributed by atoms with E-state index in [9.17, 15) is 4.79 Å². The van der Waals surface area contributed by atoms with Crippen LogP contribution in [-0.4, -0.2) is 20.9 Å². The molecule has 3 aromatic rings. The zero-order chi connectivity index (χ0) is 17.6. The first-order chi connectivity index (χ1) is 12.1. The number of pyridine rings is 1. The molecule has 2 heterocycles. The van der Waals surface area contributed by atoms with Gasteiger partial charge in [-0.15, -0.1) is 0 Å². The minimum Gasteiger partial charge on any atom is -0.366 e. The van der Waals surface area contributed by atoms with Crippen molar-refractivity contribution in [3.63, 3.8) is 0 Å². The summed E-state index contributed by atoms with van der Waals surface area (Å²) < 4.78 is 0. The van der Waals surface area contributed by atoms with E-state index in [1.165, 1.54) is 6.33 Å². The summed E-state index contributed by atoms with van der Waals surface area (Å²) in [6, 6.07) is 10.7. The Kier molecular flexibility index (Phi) is 5.20. The number of aromatic nitrogens is 3. The van der Waals surface area contributed by atoms with E-state index in [2.05, 4.69) is 25.6 Å². The van der Waals surface area contributed by atoms with E-state index in [4.69, 9.17) is 11.6 Å². The Morgan fingerprint density at radius 2 is 2.08 bits per heavy atom. The molecule has 0 fully saturated rings. The Morgan fingerprint density at radius 3 is 2.84 bits per heavy atom. The smallest absolute Gasteiger partial charge is 0.274 e. The van der Waals surface area contributed by atoms with Crippen molar-refractivity contribution in [1.29, 1.82) is 0 Å². The molecule has 2 aromatic heterocycles. The molecule has 1 aromatic carbocycles. The Labute approximate surface area is 150 Å². The van der Waals surface area contributed by atoms with E-state index >= 15 is 0 Å². The number of aryl methyl sites for hydroxylation is 1. The van der Waals surface area contributed by atoms with Gasteiger partial charge in [0.25, 0.3) is 5.91 Å². The molecular weight excluding hydrogens is 338 g/mol. The Bertz CT molecular complexity index is 886. The fraction of sp³-hybridized carbons (Fsp3) is 0.111. The predicted octanol–water partition coefficient (Wildman–Crippen LogP) is 3.70. The quantitative estimate of drug-likeness (QED) is 0.731. The predicted molar refractivity (Wildman–Crippen MR) is 97.7 cm³/mol. The average Bonchev–Trinajstić information content (AvgIpc) is 2.63. The molecule has 0 spiro atoms. The van der Waals surface area contributed by atoms with Gasteiger partial charge in [-0.3, -0.25) is 9.78 Å². The SMILES string of the molecule is Cc1cc(Cl)ccc1NC(=O)c1cc(NCc2cccnc2)ncn1. The number of halogens is 1. The number of amides is 1. The van der Waals surface area contributed by atoms with Gasteiger partial charge in [-0.25, -0.2) is 9.97 Å². The maximum Gasteiger partial charge on any atom is 0.274 e. The number of hydrogen-bond donors (Lipinski definition) is 2. The minimum absolute atomic E-state index is 0.276. The number of carbonyl (C=O) groups excluding carboxylic acids is 1. The topological polar surface area (TPSA) is 79.8 Å². The molecule has 0 aliphatic heterocycles. The summed E-state index contributed by atoms with van der Waals surface area (Å²) in [5.41, 5.74) is 2.87. The largest absolute Gasteiger partial charge is 0.366 e. The number of carbonyl (C=O) groups is 1. The second-order valence-corrected chi connectivity index (χ2v) is 5.85. The molecular formula is C18H16ClN5O. The van der Waals surface area contributed by atoms with Crippen LogP contribution in [0, 0.1) is 6.92 Å². The fourth-order valence-electron chi connectivity index (χ4n) is 2.23. The van der Waals surface area contributed by atoms with Crippen LogP contribution >= 0.6 is 11.6 Å². The van der Waals surface area contributed by atoms with E-state index in [0.29, 0.717) is 23.1 Å². The first-order valence-electron chi connectivity index (χ1n) is 7.64. The second-order valence-electron chi connectivity index (χ2n) is 5.42. The molecule has 0 bridgehead atoms. The fourth-order valence-corrected chi connectivity index (χ4v) is 2.45. The van der Waals surface area contributed by atoms with Gasteiger partial charge in [-0.1, -0.05) is 17.7 Å². The molecule has 1 amide bonds. The molecule has 3 rings (SSSR count). The first-order valence-corrected chi connectivity index (χ1v) is 8.02. The molecule has 0 aliphatic carbocycles. The van der Waals surface area contributed by atoms with Crippen LogP contribution in [0.4, 0.5) is 11.5 Å². The lowest BCUT2D eigenvalue weighted by atomic mass is 10.2. The third kappa shape index (κ3) is 4.51. The third-order valence-electron chi connectivity index (χ3n) is 3.53. The van der Waals surface area contributed by atoms with Gasteiger partial charge < -0.3 is 10.6 Å². The van der Waals surface area contributed by atoms with Crippen molar-refractivity contribution in [2.45, 2.75) is 13.5 Å². The summed E-state index contributed by atoms with van der Waals surface area (Å²) in [5, 5.41) is 6.60. The van der Waals surface area contributed by atoms with Crippen LogP contribution in [0.15, 0.2) is 55.1 Å². The first kappa shape index (κ1) is 16.9. The number of rotatable bonds is 5. The van der Waals surface area contributed by atoms with Crippen LogP contribution < -0.4 is 10.6 Å². The molecule has 0 radical (unpaired) electrons. The Morgan fingerprint density at radius 1 is 1.20 bits per heavy atom. The van der Waals surface area contributed by atoms with Gasteiger partial charge in [0.2, 0.25) is 0 Å². The molecule has 6 nitrogen and oxygen atoms in total. The summed E-state index contributed by atoms with van der Waals surface area (Å²) in [5.74, 6) is 0.258. The van der Waals surface area contributed by atoms with Crippen molar-refractivity contribution < 1.29 is 4.79 Å². The van der Waals surface area contributed by atoms with Gasteiger partial charge >= 0.3 is 0 Å². The van der Waals surface area contributed by atoms with Crippen molar-refractivity contribution in [1.82, 2.24) is 15.0 Å². The lowest BCUT2D eigenvalue weighted by molar-refractivity contribution is 0.102. The van der Waals surface area contributed by atoms with Crippen molar-refractivity contribution in [3.8, 4) is 0 Å². The number of nitrogens with zero attached hydrogens (tertiary/aromatic N) is 3. The highest BCUT2D eigenvalue weighted by Crippen LogP contribution is 2.20. The Balaban J connectivity index is 1.69. The number of benzene rings is 1. The maximum absolute atomic E-state index is 12.4. The number of anilines is 2. The lowest BCUT2D eigenvalue weighted by Gasteiger charge is -2.09. The summed E-state index contributed by atoms with van der Waals surface area (Å²) in [4.78, 5) is 24.6. The van der Waals surface area contributed by atoms with E-state index in [-0.39, 0.29) is 11.6 Å². The zero-order valence-corrected chi connectivity index (χ0v) is 14.3. The summed E-state index contributed by atoms with van der Waals surface area (Å²) in [6.07, 6.45) is 4.84. The Hall–Kier alpha value is -2.99. The van der Waals surface area contributed by atoms with E-state index in [0.717, 1.165) is 11.1 Å². The normalized spacial score (nSPS) is 10.3. The molecule has 0 aliphatic rings. The molecule has 25 heavy (non-hydrogen) atoms. The van der Waals surface area contributed by atoms with Crippen LogP contribution in [0.25, 0.3) is 0 Å². The molecule has 0 saturated heterocycles. The lowest BCUT2D eigenvalue weighted by Crippen LogP contribution is -2.15. The number of nitrogens with one attached hydrogen (secondary N) is 2. The second kappa shape index (κ2) is 7.72. The summed E-state index contributed by atoms with van der Waals surface area (Å²) >= 11 is 5.93. The molecule has 0 atom stereocenters. The monoisotopic (exact) mass is 353 g/mol. The van der Waals surface area contributed by atoms with E-state index in [1.54, 1.807) is 36.7 Å². The highest BCUT2D eigenvalue weighted by Gasteiger charge is 2.11. The zero-order valence-electron chi connectivity index (χ0n) is 13.5. The van der Waals surface area contributed by atoms with Gasteiger partial charge in [0.05, 0.1) is 0 Å². The van der Waals surface area contributed by atoms with Gasteiger partial charge in [-0.05, 0) is 42.3 Å². The maximum atomic E-state index is 12.4. The van der Waals surface area contributed by atoms with Crippen molar-refractivity contribution in [2.75, 3.05) is 10.6 Å². The average molecular weight is 354 g/mol. The molecule has 126 valence electrons. The van der Waals surface area contributed by atoms with Crippen LogP contribution in [-0.2, 0) is 6.54 Å². The van der Waals surface area contributed by atoms with Crippen molar-refractivity contribution in [3.05, 3.63) is 77.0 Å². The van der Waals surface area contributed by atoms with Gasteiger partial charge in [0.1, 0.15) is 17.8 Å². The van der Waals surface area contributed by atoms with Gasteiger partial charge in [-0.2, -0.15) is 0 Å². The van der Waals surface area contributed by atoms with Crippen LogP contribution in [0.2, 0.25) is 5.02 Å². The van der Waals surface area contributed by atoms with Gasteiger partial charge in [0.15, 0.2) is 0 Å². The molecule has 0 unspecified atom stereocenters. The summed E-state index contributed by atoms with van der Waals surface area (Å²) in [6.45, 7) is 2.44. The van der Waals surface area contributed by atoms with Crippen molar-refractivity contribution in [2.24, 2.45) is 0 Å². The molecule has 2 N–H and O–H groups in total. The van der Waals surface area contributed by atoms with Crippen LogP contribution in [0.1, 0.15) is 21.6 Å². The molecule has 0 saturated carbocycles. The number of hydrogen-bond acceptors (Lipinski definition) is 5. The summed E-state index contributed by atoms with van der Waals surface area (Å²) in [7, 11) is 0.